The Morgan fingerprint density at radius 1 is 1.16 bits per heavy atom. The molecular weight excluding hydrogens is 404 g/mol. The highest BCUT2D eigenvalue weighted by Gasteiger charge is 2.48. The molecule has 6 nitrogen and oxygen atoms in total. The standard InChI is InChI=1S/C26H37N2O4/c1-28(17-8-14-23-16-19-31-27-23)18-9-15-24(20-28)32-25(29)26(30,21-10-4-2-5-11-21)22-12-6-3-7-13-22/h2,4-5,10-11,16,19,22,24,30H,3,6-9,12-15,17-18,20H2,1H3/q+1. The van der Waals surface area contributed by atoms with Crippen LogP contribution >= 0.6 is 0 Å². The monoisotopic (exact) mass is 441 g/mol. The lowest BCUT2D eigenvalue weighted by Gasteiger charge is -2.42. The minimum Gasteiger partial charge on any atom is -0.454 e. The molecule has 2 aliphatic rings. The molecule has 32 heavy (non-hydrogen) atoms. The van der Waals surface area contributed by atoms with Crippen molar-refractivity contribution >= 4 is 5.97 Å². The molecule has 1 saturated carbocycles. The molecule has 2 fully saturated rings. The molecule has 1 saturated heterocycles. The van der Waals surface area contributed by atoms with Crippen molar-refractivity contribution in [1.29, 1.82) is 0 Å². The molecule has 1 aromatic carbocycles. The molecule has 0 spiro atoms. The van der Waals surface area contributed by atoms with Gasteiger partial charge in [-0.2, -0.15) is 0 Å². The summed E-state index contributed by atoms with van der Waals surface area (Å²) in [6, 6.07) is 11.3. The summed E-state index contributed by atoms with van der Waals surface area (Å²) in [5.41, 5.74) is 0.0877. The van der Waals surface area contributed by atoms with Crippen LogP contribution < -0.4 is 0 Å². The second-order valence-corrected chi connectivity index (χ2v) is 9.98. The maximum absolute atomic E-state index is 13.5. The van der Waals surface area contributed by atoms with E-state index in [1.54, 1.807) is 6.26 Å². The Kier molecular flexibility index (Phi) is 7.31. The number of quaternary nitrogens is 1. The number of benzene rings is 1. The molecule has 1 aliphatic carbocycles. The third-order valence-electron chi connectivity index (χ3n) is 7.49. The number of nitrogens with zero attached hydrogens (tertiary/aromatic N) is 2. The summed E-state index contributed by atoms with van der Waals surface area (Å²) < 4.78 is 11.9. The first kappa shape index (κ1) is 23.0. The second-order valence-electron chi connectivity index (χ2n) is 9.98. The Bertz CT molecular complexity index is 850. The third-order valence-corrected chi connectivity index (χ3v) is 7.49. The third kappa shape index (κ3) is 5.24. The zero-order valence-electron chi connectivity index (χ0n) is 19.2. The van der Waals surface area contributed by atoms with Gasteiger partial charge in [0.05, 0.1) is 25.8 Å². The summed E-state index contributed by atoms with van der Waals surface area (Å²) in [5.74, 6) is -0.547. The summed E-state index contributed by atoms with van der Waals surface area (Å²) in [5, 5.41) is 15.8. The van der Waals surface area contributed by atoms with Gasteiger partial charge in [0.25, 0.3) is 0 Å². The molecule has 0 amide bonds. The number of aryl methyl sites for hydroxylation is 1. The van der Waals surface area contributed by atoms with E-state index in [-0.39, 0.29) is 12.0 Å². The Labute approximate surface area is 191 Å². The van der Waals surface area contributed by atoms with Crippen molar-refractivity contribution in [2.24, 2.45) is 5.92 Å². The summed E-state index contributed by atoms with van der Waals surface area (Å²) in [7, 11) is 2.24. The second kappa shape index (κ2) is 10.2. The fourth-order valence-electron chi connectivity index (χ4n) is 5.66. The van der Waals surface area contributed by atoms with Crippen molar-refractivity contribution in [3.63, 3.8) is 0 Å². The SMILES string of the molecule is C[N+]1(CCCc2ccon2)CCCC(OC(=O)C(O)(c2ccccc2)C2CCCCC2)C1. The fraction of sp³-hybridized carbons (Fsp3) is 0.615. The van der Waals surface area contributed by atoms with Crippen LogP contribution in [-0.2, 0) is 21.6 Å². The van der Waals surface area contributed by atoms with Crippen LogP contribution in [0.1, 0.15) is 62.6 Å². The van der Waals surface area contributed by atoms with Crippen molar-refractivity contribution < 1.29 is 23.6 Å². The number of esters is 1. The van der Waals surface area contributed by atoms with Crippen molar-refractivity contribution in [3.05, 3.63) is 53.9 Å². The molecule has 1 N–H and O–H groups in total. The Morgan fingerprint density at radius 3 is 2.66 bits per heavy atom. The van der Waals surface area contributed by atoms with Gasteiger partial charge in [0.2, 0.25) is 0 Å². The summed E-state index contributed by atoms with van der Waals surface area (Å²) in [6.07, 6.45) is 10.2. The Hall–Kier alpha value is -2.18. The van der Waals surface area contributed by atoms with Gasteiger partial charge in [-0.15, -0.1) is 0 Å². The van der Waals surface area contributed by atoms with Crippen molar-refractivity contribution in [3.8, 4) is 0 Å². The summed E-state index contributed by atoms with van der Waals surface area (Å²) in [4.78, 5) is 13.5. The minimum atomic E-state index is -1.56. The van der Waals surface area contributed by atoms with Crippen LogP contribution in [0.25, 0.3) is 0 Å². The van der Waals surface area contributed by atoms with E-state index >= 15 is 0 Å². The van der Waals surface area contributed by atoms with E-state index in [4.69, 9.17) is 9.26 Å². The first-order chi connectivity index (χ1) is 15.5. The number of likely N-dealkylation sites (N-methyl/N-ethyl adjacent to an activating group) is 1. The molecule has 0 radical (unpaired) electrons. The maximum Gasteiger partial charge on any atom is 0.343 e. The van der Waals surface area contributed by atoms with Gasteiger partial charge in [0, 0.05) is 24.8 Å². The van der Waals surface area contributed by atoms with E-state index in [1.165, 1.54) is 6.42 Å². The lowest BCUT2D eigenvalue weighted by Crippen LogP contribution is -2.55. The van der Waals surface area contributed by atoms with Crippen molar-refractivity contribution in [2.75, 3.05) is 26.7 Å². The number of carbonyl (C=O) groups is 1. The van der Waals surface area contributed by atoms with Crippen LogP contribution in [0.4, 0.5) is 0 Å². The summed E-state index contributed by atoms with van der Waals surface area (Å²) >= 11 is 0. The lowest BCUT2D eigenvalue weighted by atomic mass is 9.73. The quantitative estimate of drug-likeness (QED) is 0.490. The van der Waals surface area contributed by atoms with Crippen LogP contribution in [-0.4, -0.2) is 53.5 Å². The number of carbonyl (C=O) groups excluding carboxylic acids is 1. The molecule has 4 rings (SSSR count). The average Bonchev–Trinajstić information content (AvgIpc) is 3.33. The van der Waals surface area contributed by atoms with Crippen LogP contribution in [0.5, 0.6) is 0 Å². The van der Waals surface area contributed by atoms with Crippen LogP contribution in [0, 0.1) is 5.92 Å². The Morgan fingerprint density at radius 2 is 1.94 bits per heavy atom. The molecule has 1 aromatic heterocycles. The van der Waals surface area contributed by atoms with E-state index in [9.17, 15) is 9.90 Å². The molecule has 3 unspecified atom stereocenters. The van der Waals surface area contributed by atoms with Gasteiger partial charge in [-0.1, -0.05) is 54.8 Å². The van der Waals surface area contributed by atoms with Gasteiger partial charge in [-0.3, -0.25) is 0 Å². The first-order valence-electron chi connectivity index (χ1n) is 12.2. The predicted octanol–water partition coefficient (Wildman–Crippen LogP) is 4.23. The highest BCUT2D eigenvalue weighted by Crippen LogP contribution is 2.41. The smallest absolute Gasteiger partial charge is 0.343 e. The largest absolute Gasteiger partial charge is 0.454 e. The molecular formula is C26H37N2O4+. The van der Waals surface area contributed by atoms with Gasteiger partial charge in [-0.25, -0.2) is 4.79 Å². The van der Waals surface area contributed by atoms with Gasteiger partial charge in [0.1, 0.15) is 12.8 Å². The van der Waals surface area contributed by atoms with E-state index < -0.39 is 11.6 Å². The number of hydrogen-bond acceptors (Lipinski definition) is 5. The zero-order chi connectivity index (χ0) is 22.4. The van der Waals surface area contributed by atoms with Gasteiger partial charge in [0.15, 0.2) is 11.7 Å². The topological polar surface area (TPSA) is 72.6 Å². The highest BCUT2D eigenvalue weighted by atomic mass is 16.6. The highest BCUT2D eigenvalue weighted by molar-refractivity contribution is 5.81. The number of ether oxygens (including phenoxy) is 1. The number of aliphatic hydroxyl groups is 1. The fourth-order valence-corrected chi connectivity index (χ4v) is 5.66. The van der Waals surface area contributed by atoms with Gasteiger partial charge in [-0.05, 0) is 31.2 Å². The molecule has 6 heteroatoms. The van der Waals surface area contributed by atoms with Gasteiger partial charge < -0.3 is 18.8 Å². The van der Waals surface area contributed by atoms with Crippen molar-refractivity contribution in [2.45, 2.75) is 69.5 Å². The number of piperidine rings is 1. The van der Waals surface area contributed by atoms with Crippen LogP contribution in [0.3, 0.4) is 0 Å². The number of aromatic nitrogens is 1. The van der Waals surface area contributed by atoms with Crippen LogP contribution in [0.15, 0.2) is 47.2 Å². The average molecular weight is 442 g/mol. The van der Waals surface area contributed by atoms with E-state index in [0.29, 0.717) is 5.56 Å². The molecule has 2 heterocycles. The van der Waals surface area contributed by atoms with Crippen LogP contribution in [0.2, 0.25) is 0 Å². The summed E-state index contributed by atoms with van der Waals surface area (Å²) in [6.45, 7) is 2.88. The maximum atomic E-state index is 13.5. The molecule has 2 aromatic rings. The first-order valence-corrected chi connectivity index (χ1v) is 12.2. The molecule has 174 valence electrons. The van der Waals surface area contributed by atoms with Crippen molar-refractivity contribution in [1.82, 2.24) is 5.16 Å². The van der Waals surface area contributed by atoms with Gasteiger partial charge >= 0.3 is 5.97 Å². The van der Waals surface area contributed by atoms with E-state index in [2.05, 4.69) is 12.2 Å². The number of likely N-dealkylation sites (tertiary alicyclic amines) is 1. The predicted molar refractivity (Wildman–Crippen MR) is 122 cm³/mol. The van der Waals surface area contributed by atoms with E-state index in [1.807, 2.05) is 36.4 Å². The number of rotatable bonds is 8. The Balaban J connectivity index is 1.42. The lowest BCUT2D eigenvalue weighted by molar-refractivity contribution is -0.917. The molecule has 1 aliphatic heterocycles. The minimum absolute atomic E-state index is 0.0851. The molecule has 0 bridgehead atoms. The molecule has 3 atom stereocenters. The zero-order valence-corrected chi connectivity index (χ0v) is 19.2. The van der Waals surface area contributed by atoms with E-state index in [0.717, 1.165) is 81.2 Å². The normalized spacial score (nSPS) is 26.4. The number of hydrogen-bond donors (Lipinski definition) is 1.